The number of anilines is 1. The van der Waals surface area contributed by atoms with Gasteiger partial charge in [-0.05, 0) is 36.6 Å². The van der Waals surface area contributed by atoms with Gasteiger partial charge in [-0.3, -0.25) is 4.31 Å². The van der Waals surface area contributed by atoms with Crippen molar-refractivity contribution in [1.29, 1.82) is 0 Å². The van der Waals surface area contributed by atoms with Crippen LogP contribution in [-0.4, -0.2) is 0 Å². The lowest BCUT2D eigenvalue weighted by Gasteiger charge is -2.22. The minimum Gasteiger partial charge on any atom is -0.288 e. The largest absolute Gasteiger partial charge is 0.288 e. The first kappa shape index (κ1) is 14.7. The highest BCUT2D eigenvalue weighted by molar-refractivity contribution is 8.04. The maximum absolute atomic E-state index is 3.93. The molecule has 0 bridgehead atoms. The summed E-state index contributed by atoms with van der Waals surface area (Å²) in [5, 5.41) is 0. The number of nitrogens with zero attached hydrogens (tertiary/aromatic N) is 1. The molecular weight excluding hydrogens is 262 g/mol. The Morgan fingerprint density at radius 1 is 1.20 bits per heavy atom. The Morgan fingerprint density at radius 3 is 2.55 bits per heavy atom. The molecule has 0 radical (unpaired) electrons. The molecule has 1 aromatic rings. The van der Waals surface area contributed by atoms with Gasteiger partial charge in [-0.1, -0.05) is 62.9 Å². The highest BCUT2D eigenvalue weighted by atomic mass is 32.2. The van der Waals surface area contributed by atoms with Crippen molar-refractivity contribution in [3.05, 3.63) is 77.9 Å². The second-order valence-electron chi connectivity index (χ2n) is 5.47. The molecule has 0 saturated carbocycles. The normalized spacial score (nSPS) is 16.9. The number of hydrogen-bond acceptors (Lipinski definition) is 2. The average Bonchev–Trinajstić information content (AvgIpc) is 2.55. The van der Waals surface area contributed by atoms with Gasteiger partial charge in [0.2, 0.25) is 0 Å². The molecule has 0 atom stereocenters. The molecular formula is C18H21NS. The zero-order valence-corrected chi connectivity index (χ0v) is 13.2. The predicted molar refractivity (Wildman–Crippen MR) is 91.5 cm³/mol. The molecule has 0 aromatic heterocycles. The van der Waals surface area contributed by atoms with Gasteiger partial charge in [0.25, 0.3) is 0 Å². The molecule has 0 N–H and O–H groups in total. The van der Waals surface area contributed by atoms with Crippen LogP contribution in [0.3, 0.4) is 0 Å². The molecule has 2 heteroatoms. The third-order valence-electron chi connectivity index (χ3n) is 3.14. The molecule has 0 spiro atoms. The van der Waals surface area contributed by atoms with Gasteiger partial charge in [-0.25, -0.2) is 0 Å². The highest BCUT2D eigenvalue weighted by Gasteiger charge is 2.17. The fraction of sp³-hybridized carbons (Fsp3) is 0.222. The molecule has 0 fully saturated rings. The van der Waals surface area contributed by atoms with Crippen LogP contribution in [0.1, 0.15) is 20.8 Å². The maximum Gasteiger partial charge on any atom is 0.0521 e. The second-order valence-corrected chi connectivity index (χ2v) is 6.49. The third kappa shape index (κ3) is 3.67. The van der Waals surface area contributed by atoms with E-state index in [-0.39, 0.29) is 5.41 Å². The summed E-state index contributed by atoms with van der Waals surface area (Å²) in [4.78, 5) is 1.27. The fourth-order valence-corrected chi connectivity index (χ4v) is 3.08. The highest BCUT2D eigenvalue weighted by Crippen LogP contribution is 2.37. The quantitative estimate of drug-likeness (QED) is 0.651. The summed E-state index contributed by atoms with van der Waals surface area (Å²) in [6.45, 7) is 10.5. The lowest BCUT2D eigenvalue weighted by molar-refractivity contribution is 0.626. The zero-order chi connectivity index (χ0) is 14.6. The molecule has 0 heterocycles. The lowest BCUT2D eigenvalue weighted by Crippen LogP contribution is -2.08. The summed E-state index contributed by atoms with van der Waals surface area (Å²) in [5.74, 6) is 0. The van der Waals surface area contributed by atoms with E-state index in [9.17, 15) is 0 Å². The van der Waals surface area contributed by atoms with Crippen molar-refractivity contribution in [2.24, 2.45) is 5.41 Å². The van der Waals surface area contributed by atoms with Crippen LogP contribution in [0.2, 0.25) is 0 Å². The SMILES string of the molecule is C=CN(SC1=CC(C)(C)C=CC=C1C)c1ccccc1. The van der Waals surface area contributed by atoms with Gasteiger partial charge in [0, 0.05) is 16.5 Å². The van der Waals surface area contributed by atoms with Crippen molar-refractivity contribution < 1.29 is 0 Å². The Morgan fingerprint density at radius 2 is 1.90 bits per heavy atom. The average molecular weight is 283 g/mol. The summed E-state index contributed by atoms with van der Waals surface area (Å²) in [6, 6.07) is 10.3. The molecule has 0 saturated heterocycles. The van der Waals surface area contributed by atoms with E-state index >= 15 is 0 Å². The first-order valence-corrected chi connectivity index (χ1v) is 7.53. The maximum atomic E-state index is 3.93. The van der Waals surface area contributed by atoms with Gasteiger partial charge in [0.15, 0.2) is 0 Å². The van der Waals surface area contributed by atoms with Crippen LogP contribution in [0.4, 0.5) is 5.69 Å². The molecule has 104 valence electrons. The van der Waals surface area contributed by atoms with Gasteiger partial charge in [0.05, 0.1) is 5.69 Å². The van der Waals surface area contributed by atoms with Crippen LogP contribution in [0.15, 0.2) is 77.9 Å². The number of rotatable bonds is 4. The van der Waals surface area contributed by atoms with Gasteiger partial charge < -0.3 is 0 Å². The molecule has 0 aliphatic heterocycles. The van der Waals surface area contributed by atoms with E-state index in [1.54, 1.807) is 11.9 Å². The Balaban J connectivity index is 2.27. The summed E-state index contributed by atoms with van der Waals surface area (Å²) < 4.78 is 2.10. The van der Waals surface area contributed by atoms with Crippen molar-refractivity contribution >= 4 is 17.6 Å². The van der Waals surface area contributed by atoms with Crippen molar-refractivity contribution in [3.63, 3.8) is 0 Å². The minimum absolute atomic E-state index is 0.0696. The third-order valence-corrected chi connectivity index (χ3v) is 4.33. The summed E-state index contributed by atoms with van der Waals surface area (Å²) in [6.07, 6.45) is 10.7. The number of hydrogen-bond donors (Lipinski definition) is 0. The number of benzene rings is 1. The smallest absolute Gasteiger partial charge is 0.0521 e. The Bertz CT molecular complexity index is 564. The molecule has 1 nitrogen and oxygen atoms in total. The van der Waals surface area contributed by atoms with Gasteiger partial charge in [-0.2, -0.15) is 0 Å². The molecule has 20 heavy (non-hydrogen) atoms. The lowest BCUT2D eigenvalue weighted by atomic mass is 9.93. The van der Waals surface area contributed by atoms with Crippen molar-refractivity contribution in [2.45, 2.75) is 20.8 Å². The molecule has 0 unspecified atom stereocenters. The Kier molecular flexibility index (Phi) is 4.56. The fourth-order valence-electron chi connectivity index (χ4n) is 2.00. The summed E-state index contributed by atoms with van der Waals surface area (Å²) in [5.41, 5.74) is 2.48. The van der Waals surface area contributed by atoms with Crippen molar-refractivity contribution in [1.82, 2.24) is 0 Å². The van der Waals surface area contributed by atoms with Gasteiger partial charge in [-0.15, -0.1) is 0 Å². The van der Waals surface area contributed by atoms with E-state index < -0.39 is 0 Å². The first-order chi connectivity index (χ1) is 9.52. The van der Waals surface area contributed by atoms with Crippen LogP contribution in [0.25, 0.3) is 0 Å². The van der Waals surface area contributed by atoms with Crippen LogP contribution < -0.4 is 4.31 Å². The van der Waals surface area contributed by atoms with Crippen LogP contribution in [0.5, 0.6) is 0 Å². The van der Waals surface area contributed by atoms with E-state index in [0.717, 1.165) is 5.69 Å². The van der Waals surface area contributed by atoms with Gasteiger partial charge >= 0.3 is 0 Å². The second kappa shape index (κ2) is 6.19. The van der Waals surface area contributed by atoms with E-state index in [1.165, 1.54) is 10.5 Å². The number of para-hydroxylation sites is 1. The molecule has 1 aliphatic rings. The summed E-state index contributed by atoms with van der Waals surface area (Å²) in [7, 11) is 0. The van der Waals surface area contributed by atoms with E-state index in [0.29, 0.717) is 0 Å². The van der Waals surface area contributed by atoms with Crippen molar-refractivity contribution in [2.75, 3.05) is 4.31 Å². The van der Waals surface area contributed by atoms with Crippen molar-refractivity contribution in [3.8, 4) is 0 Å². The van der Waals surface area contributed by atoms with E-state index in [1.807, 2.05) is 24.4 Å². The monoisotopic (exact) mass is 283 g/mol. The van der Waals surface area contributed by atoms with Crippen LogP contribution >= 0.6 is 11.9 Å². The summed E-state index contributed by atoms with van der Waals surface area (Å²) >= 11 is 1.71. The molecule has 1 aliphatic carbocycles. The predicted octanol–water partition coefficient (Wildman–Crippen LogP) is 5.71. The molecule has 2 rings (SSSR count). The van der Waals surface area contributed by atoms with E-state index in [4.69, 9.17) is 0 Å². The molecule has 1 aromatic carbocycles. The topological polar surface area (TPSA) is 3.24 Å². The number of allylic oxidation sites excluding steroid dienone is 5. The standard InChI is InChI=1S/C18H21NS/c1-5-19(16-11-7-6-8-12-16)20-17-14-18(3,4)13-9-10-15(17)2/h5-14H,1H2,2-4H3. The zero-order valence-electron chi connectivity index (χ0n) is 12.3. The van der Waals surface area contributed by atoms with Crippen LogP contribution in [0, 0.1) is 5.41 Å². The Labute approximate surface area is 126 Å². The Hall–Kier alpha value is -1.67. The van der Waals surface area contributed by atoms with Gasteiger partial charge in [0.1, 0.15) is 0 Å². The minimum atomic E-state index is 0.0696. The first-order valence-electron chi connectivity index (χ1n) is 6.76. The molecule has 0 amide bonds. The van der Waals surface area contributed by atoms with E-state index in [2.05, 4.69) is 68.1 Å². The van der Waals surface area contributed by atoms with Crippen LogP contribution in [-0.2, 0) is 0 Å².